The van der Waals surface area contributed by atoms with Crippen LogP contribution in [0.4, 0.5) is 13.2 Å². The number of H-pyrrole nitrogens is 1. The van der Waals surface area contributed by atoms with E-state index in [2.05, 4.69) is 24.1 Å². The van der Waals surface area contributed by atoms with Gasteiger partial charge in [0.2, 0.25) is 0 Å². The fourth-order valence-corrected chi connectivity index (χ4v) is 3.78. The molecule has 0 unspecified atom stereocenters. The summed E-state index contributed by atoms with van der Waals surface area (Å²) in [5.41, 5.74) is 1.81. The summed E-state index contributed by atoms with van der Waals surface area (Å²) < 4.78 is 44.1. The van der Waals surface area contributed by atoms with Gasteiger partial charge in [-0.3, -0.25) is 0 Å². The second-order valence-electron chi connectivity index (χ2n) is 6.84. The highest BCUT2D eigenvalue weighted by Crippen LogP contribution is 2.35. The Bertz CT molecular complexity index is 826. The molecule has 25 heavy (non-hydrogen) atoms. The summed E-state index contributed by atoms with van der Waals surface area (Å²) in [6, 6.07) is 2.24. The molecule has 0 fully saturated rings. The molecule has 1 aliphatic rings. The Hall–Kier alpha value is -1.60. The third-order valence-corrected chi connectivity index (χ3v) is 4.99. The normalized spacial score (nSPS) is 16.6. The van der Waals surface area contributed by atoms with Crippen molar-refractivity contribution in [1.82, 2.24) is 14.9 Å². The van der Waals surface area contributed by atoms with Gasteiger partial charge in [0.25, 0.3) is 0 Å². The average molecular weight is 369 g/mol. The van der Waals surface area contributed by atoms with Crippen molar-refractivity contribution in [3.8, 4) is 0 Å². The van der Waals surface area contributed by atoms with Gasteiger partial charge < -0.3 is 14.9 Å². The lowest BCUT2D eigenvalue weighted by atomic mass is 9.95. The molecule has 1 aromatic heterocycles. The zero-order valence-electron chi connectivity index (χ0n) is 14.3. The number of nitrogens with one attached hydrogen (secondary N) is 2. The first-order chi connectivity index (χ1) is 11.9. The first kappa shape index (κ1) is 18.2. The minimum absolute atomic E-state index is 0.175. The molecule has 1 aromatic carbocycles. The Morgan fingerprint density at radius 1 is 1.28 bits per heavy atom. The van der Waals surface area contributed by atoms with Gasteiger partial charge in [0.15, 0.2) is 16.4 Å². The topological polar surface area (TPSA) is 32.8 Å². The van der Waals surface area contributed by atoms with Gasteiger partial charge in [-0.2, -0.15) is 0 Å². The molecule has 3 nitrogen and oxygen atoms in total. The molecule has 0 bridgehead atoms. The highest BCUT2D eigenvalue weighted by Gasteiger charge is 2.31. The van der Waals surface area contributed by atoms with Gasteiger partial charge in [-0.1, -0.05) is 13.8 Å². The molecular formula is C18H22F3N3S. The van der Waals surface area contributed by atoms with E-state index in [0.29, 0.717) is 23.8 Å². The van der Waals surface area contributed by atoms with Crippen LogP contribution in [0.5, 0.6) is 0 Å². The third-order valence-electron chi connectivity index (χ3n) is 4.66. The van der Waals surface area contributed by atoms with Crippen molar-refractivity contribution in [3.63, 3.8) is 0 Å². The number of nitrogens with zero attached hydrogens (tertiary/aromatic N) is 1. The molecule has 7 heteroatoms. The van der Waals surface area contributed by atoms with Crippen LogP contribution in [0.25, 0.3) is 0 Å². The molecule has 3 rings (SSSR count). The number of aryl methyl sites for hydroxylation is 1. The Labute approximate surface area is 150 Å². The number of aromatic amines is 1. The Morgan fingerprint density at radius 2 is 2.00 bits per heavy atom. The summed E-state index contributed by atoms with van der Waals surface area (Å²) in [4.78, 5) is 3.20. The van der Waals surface area contributed by atoms with E-state index in [1.807, 2.05) is 4.57 Å². The molecule has 136 valence electrons. The average Bonchev–Trinajstić information content (AvgIpc) is 3.09. The zero-order valence-corrected chi connectivity index (χ0v) is 15.2. The first-order valence-corrected chi connectivity index (χ1v) is 8.96. The minimum Gasteiger partial charge on any atom is -0.334 e. The summed E-state index contributed by atoms with van der Waals surface area (Å²) in [7, 11) is 0. The van der Waals surface area contributed by atoms with Gasteiger partial charge in [-0.25, -0.2) is 13.2 Å². The fourth-order valence-electron chi connectivity index (χ4n) is 3.47. The van der Waals surface area contributed by atoms with Crippen molar-refractivity contribution in [2.24, 2.45) is 0 Å². The lowest BCUT2D eigenvalue weighted by molar-refractivity contribution is 0.459. The second kappa shape index (κ2) is 7.33. The molecule has 2 heterocycles. The van der Waals surface area contributed by atoms with Gasteiger partial charge in [0, 0.05) is 35.5 Å². The number of aromatic nitrogens is 2. The maximum Gasteiger partial charge on any atom is 0.177 e. The van der Waals surface area contributed by atoms with Crippen LogP contribution in [0, 0.1) is 22.2 Å². The largest absolute Gasteiger partial charge is 0.334 e. The van der Waals surface area contributed by atoms with Crippen LogP contribution >= 0.6 is 12.2 Å². The molecular weight excluding hydrogens is 347 g/mol. The van der Waals surface area contributed by atoms with Crippen LogP contribution in [0.2, 0.25) is 0 Å². The third kappa shape index (κ3) is 3.67. The van der Waals surface area contributed by atoms with Gasteiger partial charge in [0.1, 0.15) is 5.82 Å². The molecule has 0 spiro atoms. The fraction of sp³-hybridized carbons (Fsp3) is 0.500. The highest BCUT2D eigenvalue weighted by molar-refractivity contribution is 7.71. The molecule has 0 amide bonds. The summed E-state index contributed by atoms with van der Waals surface area (Å²) in [5.74, 6) is -3.24. The van der Waals surface area contributed by atoms with E-state index in [1.54, 1.807) is 0 Å². The van der Waals surface area contributed by atoms with Gasteiger partial charge >= 0.3 is 0 Å². The minimum atomic E-state index is -1.09. The highest BCUT2D eigenvalue weighted by atomic mass is 32.1. The monoisotopic (exact) mass is 369 g/mol. The number of halogens is 3. The molecule has 2 N–H and O–H groups in total. The van der Waals surface area contributed by atoms with Crippen molar-refractivity contribution >= 4 is 12.2 Å². The van der Waals surface area contributed by atoms with Crippen molar-refractivity contribution in [1.29, 1.82) is 0 Å². The van der Waals surface area contributed by atoms with Crippen molar-refractivity contribution in [2.45, 2.75) is 51.6 Å². The summed E-state index contributed by atoms with van der Waals surface area (Å²) in [6.45, 7) is 5.44. The van der Waals surface area contributed by atoms with E-state index in [9.17, 15) is 13.2 Å². The summed E-state index contributed by atoms with van der Waals surface area (Å²) in [6.07, 6.45) is 2.21. The lowest BCUT2D eigenvalue weighted by Crippen LogP contribution is -2.24. The Kier molecular flexibility index (Phi) is 5.34. The van der Waals surface area contributed by atoms with Crippen LogP contribution in [-0.2, 0) is 19.4 Å². The van der Waals surface area contributed by atoms with Crippen molar-refractivity contribution in [3.05, 3.63) is 51.3 Å². The number of hydrogen-bond acceptors (Lipinski definition) is 2. The Balaban J connectivity index is 1.78. The summed E-state index contributed by atoms with van der Waals surface area (Å²) in [5, 5.41) is 3.36. The van der Waals surface area contributed by atoms with E-state index >= 15 is 0 Å². The van der Waals surface area contributed by atoms with Crippen LogP contribution < -0.4 is 5.32 Å². The van der Waals surface area contributed by atoms with E-state index in [4.69, 9.17) is 12.2 Å². The smallest absolute Gasteiger partial charge is 0.177 e. The van der Waals surface area contributed by atoms with Gasteiger partial charge in [0.05, 0.1) is 0 Å². The maximum atomic E-state index is 14.1. The Morgan fingerprint density at radius 3 is 2.72 bits per heavy atom. The standard InChI is InChI=1S/C18H22F3N3S/c1-10(2)22-7-3-4-14-15-8-11(9-24(15)18(25)23-14)16-12(19)5-6-13(20)17(16)21/h5-6,10-11,22H,3-4,7-9H2,1-2H3,(H,23,25)/t11-/m0/s1. The summed E-state index contributed by atoms with van der Waals surface area (Å²) >= 11 is 5.34. The van der Waals surface area contributed by atoms with Crippen LogP contribution in [0.3, 0.4) is 0 Å². The van der Waals surface area contributed by atoms with Crippen LogP contribution in [-0.4, -0.2) is 22.1 Å². The van der Waals surface area contributed by atoms with E-state index < -0.39 is 23.4 Å². The molecule has 1 aliphatic heterocycles. The number of imidazole rings is 1. The van der Waals surface area contributed by atoms with Gasteiger partial charge in [-0.05, 0) is 50.2 Å². The molecule has 1 atom stereocenters. The predicted molar refractivity (Wildman–Crippen MR) is 93.8 cm³/mol. The van der Waals surface area contributed by atoms with E-state index in [1.165, 1.54) is 0 Å². The first-order valence-electron chi connectivity index (χ1n) is 8.55. The van der Waals surface area contributed by atoms with Gasteiger partial charge in [-0.15, -0.1) is 0 Å². The van der Waals surface area contributed by atoms with Crippen molar-refractivity contribution in [2.75, 3.05) is 6.54 Å². The lowest BCUT2D eigenvalue weighted by Gasteiger charge is -2.12. The number of benzene rings is 1. The zero-order chi connectivity index (χ0) is 18.1. The van der Waals surface area contributed by atoms with Crippen LogP contribution in [0.15, 0.2) is 12.1 Å². The number of hydrogen-bond donors (Lipinski definition) is 2. The molecule has 0 saturated carbocycles. The maximum absolute atomic E-state index is 14.1. The number of rotatable bonds is 6. The molecule has 0 aliphatic carbocycles. The number of fused-ring (bicyclic) bond motifs is 1. The predicted octanol–water partition coefficient (Wildman–Crippen LogP) is 4.23. The SMILES string of the molecule is CC(C)NCCCc1[nH]c(=S)n2c1C[C@H](c1c(F)ccc(F)c1F)C2. The van der Waals surface area contributed by atoms with E-state index in [0.717, 1.165) is 42.9 Å². The molecule has 2 aromatic rings. The van der Waals surface area contributed by atoms with E-state index in [-0.39, 0.29) is 5.56 Å². The van der Waals surface area contributed by atoms with Crippen LogP contribution in [0.1, 0.15) is 43.1 Å². The molecule has 0 radical (unpaired) electrons. The molecule has 0 saturated heterocycles. The second-order valence-corrected chi connectivity index (χ2v) is 7.22. The van der Waals surface area contributed by atoms with Crippen molar-refractivity contribution < 1.29 is 13.2 Å². The quantitative estimate of drug-likeness (QED) is 0.454.